The number of rotatable bonds is 5. The molecule has 0 saturated heterocycles. The van der Waals surface area contributed by atoms with E-state index in [0.29, 0.717) is 11.8 Å². The van der Waals surface area contributed by atoms with Gasteiger partial charge in [-0.25, -0.2) is 4.98 Å². The van der Waals surface area contributed by atoms with Gasteiger partial charge in [-0.15, -0.1) is 0 Å². The zero-order valence-corrected chi connectivity index (χ0v) is 11.9. The van der Waals surface area contributed by atoms with E-state index in [1.165, 1.54) is 0 Å². The molecular formula is C14H23N3O2. The quantitative estimate of drug-likeness (QED) is 0.855. The summed E-state index contributed by atoms with van der Waals surface area (Å²) in [5.74, 6) is 1.13. The van der Waals surface area contributed by atoms with E-state index in [4.69, 9.17) is 4.74 Å². The Labute approximate surface area is 114 Å². The van der Waals surface area contributed by atoms with E-state index < -0.39 is 0 Å². The molecule has 2 rings (SSSR count). The zero-order valence-electron chi connectivity index (χ0n) is 11.9. The van der Waals surface area contributed by atoms with Crippen molar-refractivity contribution < 1.29 is 9.84 Å². The molecule has 1 saturated carbocycles. The van der Waals surface area contributed by atoms with E-state index in [0.717, 1.165) is 31.4 Å². The number of aromatic nitrogens is 2. The lowest BCUT2D eigenvalue weighted by Crippen LogP contribution is -2.39. The lowest BCUT2D eigenvalue weighted by Gasteiger charge is -2.28. The van der Waals surface area contributed by atoms with E-state index in [1.54, 1.807) is 0 Å². The van der Waals surface area contributed by atoms with E-state index in [9.17, 15) is 5.11 Å². The molecule has 0 bridgehead atoms. The van der Waals surface area contributed by atoms with Crippen molar-refractivity contribution in [3.63, 3.8) is 0 Å². The molecule has 0 aromatic carbocycles. The van der Waals surface area contributed by atoms with Crippen LogP contribution >= 0.6 is 0 Å². The second-order valence-electron chi connectivity index (χ2n) is 5.61. The van der Waals surface area contributed by atoms with Gasteiger partial charge in [0, 0.05) is 11.8 Å². The number of aliphatic hydroxyl groups excluding tert-OH is 1. The van der Waals surface area contributed by atoms with Gasteiger partial charge in [-0.1, -0.05) is 12.8 Å². The highest BCUT2D eigenvalue weighted by molar-refractivity contribution is 5.34. The van der Waals surface area contributed by atoms with Crippen LogP contribution in [-0.2, 0) is 0 Å². The minimum absolute atomic E-state index is 0.0837. The van der Waals surface area contributed by atoms with Crippen LogP contribution in [0.3, 0.4) is 0 Å². The standard InChI is InChI=1S/C14H23N3O2/c1-10(2)19-12-8-11(3)15-13(16-12)17-14(9-18)6-4-5-7-14/h8,10,18H,4-7,9H2,1-3H3,(H,15,16,17). The van der Waals surface area contributed by atoms with Crippen LogP contribution in [-0.4, -0.2) is 33.3 Å². The monoisotopic (exact) mass is 265 g/mol. The number of nitrogens with zero attached hydrogens (tertiary/aromatic N) is 2. The summed E-state index contributed by atoms with van der Waals surface area (Å²) < 4.78 is 5.61. The summed E-state index contributed by atoms with van der Waals surface area (Å²) in [6.45, 7) is 5.97. The Morgan fingerprint density at radius 1 is 1.37 bits per heavy atom. The Balaban J connectivity index is 2.17. The third-order valence-electron chi connectivity index (χ3n) is 3.43. The molecule has 0 aliphatic heterocycles. The smallest absolute Gasteiger partial charge is 0.226 e. The molecule has 1 aromatic heterocycles. The molecule has 1 aliphatic carbocycles. The number of nitrogens with one attached hydrogen (secondary N) is 1. The van der Waals surface area contributed by atoms with Crippen LogP contribution in [0, 0.1) is 6.92 Å². The summed E-state index contributed by atoms with van der Waals surface area (Å²) in [4.78, 5) is 8.76. The largest absolute Gasteiger partial charge is 0.475 e. The lowest BCUT2D eigenvalue weighted by molar-refractivity contribution is 0.212. The fourth-order valence-electron chi connectivity index (χ4n) is 2.51. The number of hydrogen-bond acceptors (Lipinski definition) is 5. The van der Waals surface area contributed by atoms with Crippen molar-refractivity contribution in [3.8, 4) is 5.88 Å². The first-order valence-corrected chi connectivity index (χ1v) is 6.94. The summed E-state index contributed by atoms with van der Waals surface area (Å²) in [7, 11) is 0. The molecule has 1 aliphatic rings. The first-order chi connectivity index (χ1) is 9.03. The fourth-order valence-corrected chi connectivity index (χ4v) is 2.51. The van der Waals surface area contributed by atoms with Crippen molar-refractivity contribution in [1.29, 1.82) is 0 Å². The van der Waals surface area contributed by atoms with Crippen LogP contribution in [0.2, 0.25) is 0 Å². The predicted octanol–water partition coefficient (Wildman–Crippen LogP) is 2.29. The Bertz CT molecular complexity index is 429. The summed E-state index contributed by atoms with van der Waals surface area (Å²) in [6, 6.07) is 1.82. The Kier molecular flexibility index (Phi) is 4.24. The van der Waals surface area contributed by atoms with Crippen molar-refractivity contribution in [1.82, 2.24) is 9.97 Å². The predicted molar refractivity (Wildman–Crippen MR) is 74.4 cm³/mol. The highest BCUT2D eigenvalue weighted by atomic mass is 16.5. The Morgan fingerprint density at radius 3 is 2.63 bits per heavy atom. The highest BCUT2D eigenvalue weighted by Gasteiger charge is 2.33. The van der Waals surface area contributed by atoms with Crippen LogP contribution in [0.1, 0.15) is 45.2 Å². The minimum Gasteiger partial charge on any atom is -0.475 e. The maximum atomic E-state index is 9.61. The molecule has 0 spiro atoms. The van der Waals surface area contributed by atoms with Gasteiger partial charge in [-0.3, -0.25) is 0 Å². The molecule has 0 unspecified atom stereocenters. The third-order valence-corrected chi connectivity index (χ3v) is 3.43. The first kappa shape index (κ1) is 14.1. The number of hydrogen-bond donors (Lipinski definition) is 2. The molecule has 1 heterocycles. The summed E-state index contributed by atoms with van der Waals surface area (Å²) in [5, 5.41) is 12.9. The van der Waals surface area contributed by atoms with E-state index in [-0.39, 0.29) is 18.2 Å². The zero-order chi connectivity index (χ0) is 13.9. The van der Waals surface area contributed by atoms with Gasteiger partial charge in [0.1, 0.15) is 0 Å². The van der Waals surface area contributed by atoms with Crippen LogP contribution < -0.4 is 10.1 Å². The van der Waals surface area contributed by atoms with Gasteiger partial charge in [0.15, 0.2) is 0 Å². The number of aryl methyl sites for hydroxylation is 1. The number of aliphatic hydroxyl groups is 1. The van der Waals surface area contributed by atoms with Gasteiger partial charge in [-0.05, 0) is 33.6 Å². The van der Waals surface area contributed by atoms with Crippen molar-refractivity contribution >= 4 is 5.95 Å². The summed E-state index contributed by atoms with van der Waals surface area (Å²) in [5.41, 5.74) is 0.599. The average Bonchev–Trinajstić information content (AvgIpc) is 2.76. The molecule has 0 atom stereocenters. The summed E-state index contributed by atoms with van der Waals surface area (Å²) >= 11 is 0. The average molecular weight is 265 g/mol. The Morgan fingerprint density at radius 2 is 2.05 bits per heavy atom. The second-order valence-corrected chi connectivity index (χ2v) is 5.61. The SMILES string of the molecule is Cc1cc(OC(C)C)nc(NC2(CO)CCCC2)n1. The molecule has 1 fully saturated rings. The van der Waals surface area contributed by atoms with Gasteiger partial charge in [0.05, 0.1) is 18.2 Å². The van der Waals surface area contributed by atoms with Crippen molar-refractivity contribution in [2.24, 2.45) is 0 Å². The molecule has 5 nitrogen and oxygen atoms in total. The van der Waals surface area contributed by atoms with Crippen LogP contribution in [0.5, 0.6) is 5.88 Å². The van der Waals surface area contributed by atoms with Crippen LogP contribution in [0.4, 0.5) is 5.95 Å². The fraction of sp³-hybridized carbons (Fsp3) is 0.714. The third kappa shape index (κ3) is 3.56. The molecular weight excluding hydrogens is 242 g/mol. The second kappa shape index (κ2) is 5.74. The maximum absolute atomic E-state index is 9.61. The molecule has 106 valence electrons. The first-order valence-electron chi connectivity index (χ1n) is 6.94. The molecule has 0 radical (unpaired) electrons. The van der Waals surface area contributed by atoms with Gasteiger partial charge >= 0.3 is 0 Å². The van der Waals surface area contributed by atoms with E-state index >= 15 is 0 Å². The molecule has 1 aromatic rings. The maximum Gasteiger partial charge on any atom is 0.226 e. The number of ether oxygens (including phenoxy) is 1. The van der Waals surface area contributed by atoms with Crippen molar-refractivity contribution in [2.45, 2.75) is 58.1 Å². The number of anilines is 1. The lowest BCUT2D eigenvalue weighted by atomic mass is 9.99. The molecule has 5 heteroatoms. The normalized spacial score (nSPS) is 17.7. The van der Waals surface area contributed by atoms with Crippen molar-refractivity contribution in [3.05, 3.63) is 11.8 Å². The Hall–Kier alpha value is -1.36. The molecule has 19 heavy (non-hydrogen) atoms. The van der Waals surface area contributed by atoms with Gasteiger partial charge in [-0.2, -0.15) is 4.98 Å². The molecule has 0 amide bonds. The topological polar surface area (TPSA) is 67.3 Å². The molecule has 2 N–H and O–H groups in total. The van der Waals surface area contributed by atoms with Gasteiger partial charge < -0.3 is 15.2 Å². The van der Waals surface area contributed by atoms with Crippen LogP contribution in [0.25, 0.3) is 0 Å². The highest BCUT2D eigenvalue weighted by Crippen LogP contribution is 2.32. The van der Waals surface area contributed by atoms with Gasteiger partial charge in [0.25, 0.3) is 0 Å². The minimum atomic E-state index is -0.261. The van der Waals surface area contributed by atoms with Crippen molar-refractivity contribution in [2.75, 3.05) is 11.9 Å². The summed E-state index contributed by atoms with van der Waals surface area (Å²) in [6.07, 6.45) is 4.27. The van der Waals surface area contributed by atoms with E-state index in [2.05, 4.69) is 15.3 Å². The van der Waals surface area contributed by atoms with Gasteiger partial charge in [0.2, 0.25) is 11.8 Å². The van der Waals surface area contributed by atoms with Crippen LogP contribution in [0.15, 0.2) is 6.07 Å². The van der Waals surface area contributed by atoms with E-state index in [1.807, 2.05) is 26.8 Å².